The summed E-state index contributed by atoms with van der Waals surface area (Å²) in [7, 11) is 0. The molecule has 10 heavy (non-hydrogen) atoms. The zero-order valence-electron chi connectivity index (χ0n) is 7.05. The predicted molar refractivity (Wildman–Crippen MR) is 37.5 cm³/mol. The van der Waals surface area contributed by atoms with Crippen LogP contribution in [0, 0.1) is 13.3 Å². The first-order chi connectivity index (χ1) is 3.68. The van der Waals surface area contributed by atoms with E-state index in [0.29, 0.717) is 5.92 Å². The van der Waals surface area contributed by atoms with Crippen LogP contribution in [0.15, 0.2) is 0 Å². The van der Waals surface area contributed by atoms with Gasteiger partial charge in [0, 0.05) is 32.7 Å². The van der Waals surface area contributed by atoms with Crippen LogP contribution in [-0.2, 0) is 42.2 Å². The third-order valence-electron chi connectivity index (χ3n) is 1.17. The Morgan fingerprint density at radius 3 is 1.80 bits per heavy atom. The Bertz CT molecular complexity index is 74.0. The number of rotatable bonds is 3. The molecular weight excluding hydrogens is 205 g/mol. The molecule has 3 heteroatoms. The second-order valence-electron chi connectivity index (χ2n) is 2.15. The molecule has 0 N–H and O–H groups in total. The van der Waals surface area contributed by atoms with E-state index in [0.717, 1.165) is 0 Å². The van der Waals surface area contributed by atoms with Gasteiger partial charge in [-0.05, 0) is 12.8 Å². The number of carbonyl (C=O) groups excluding carboxylic acids is 1. The molecule has 0 bridgehead atoms. The Kier molecular flexibility index (Phi) is 16.2. The van der Waals surface area contributed by atoms with Crippen molar-refractivity contribution >= 4 is 6.47 Å². The number of ether oxygens (including phenoxy) is 1. The molecule has 0 rings (SSSR count). The van der Waals surface area contributed by atoms with Crippen molar-refractivity contribution < 1.29 is 42.2 Å². The van der Waals surface area contributed by atoms with Gasteiger partial charge >= 0.3 is 0 Å². The van der Waals surface area contributed by atoms with Gasteiger partial charge in [-0.2, -0.15) is 0 Å². The Labute approximate surface area is 88.6 Å². The second kappa shape index (κ2) is 9.57. The summed E-state index contributed by atoms with van der Waals surface area (Å²) in [6, 6.07) is 0. The van der Waals surface area contributed by atoms with Gasteiger partial charge in [-0.3, -0.25) is 0 Å². The number of hydrogen-bond acceptors (Lipinski definition) is 2. The fourth-order valence-corrected chi connectivity index (χ4v) is 0.212. The molecule has 0 amide bonds. The quantitative estimate of drug-likeness (QED) is 0.673. The van der Waals surface area contributed by atoms with Gasteiger partial charge in [-0.1, -0.05) is 20.3 Å². The van der Waals surface area contributed by atoms with Crippen LogP contribution in [0.3, 0.4) is 0 Å². The van der Waals surface area contributed by atoms with Gasteiger partial charge in [0.1, 0.15) is 0 Å². The third kappa shape index (κ3) is 8.57. The molecule has 1 radical (unpaired) electrons. The average molecular weight is 219 g/mol. The van der Waals surface area contributed by atoms with Gasteiger partial charge < -0.3 is 17.0 Å². The van der Waals surface area contributed by atoms with E-state index < -0.39 is 0 Å². The SMILES string of the molecule is CC(C)C(C)O[C-]=O.[CH3-].[Y]. The molecule has 0 aliphatic heterocycles. The van der Waals surface area contributed by atoms with E-state index in [9.17, 15) is 4.79 Å². The molecule has 0 aliphatic carbocycles. The monoisotopic (exact) mass is 219 g/mol. The molecule has 1 atom stereocenters. The largest absolute Gasteiger partial charge is 0.651 e. The molecule has 1 unspecified atom stereocenters. The van der Waals surface area contributed by atoms with Crippen molar-refractivity contribution in [3.05, 3.63) is 7.43 Å². The first-order valence-corrected chi connectivity index (χ1v) is 2.71. The molecule has 59 valence electrons. The summed E-state index contributed by atoms with van der Waals surface area (Å²) in [5.41, 5.74) is 0. The fourth-order valence-electron chi connectivity index (χ4n) is 0.212. The zero-order valence-corrected chi connectivity index (χ0v) is 9.89. The Balaban J connectivity index is -0.000000245. The summed E-state index contributed by atoms with van der Waals surface area (Å²) in [6.07, 6.45) is -0.00694. The molecule has 0 fully saturated rings. The molecule has 0 saturated carbocycles. The fraction of sp³-hybridized carbons (Fsp3) is 0.714. The van der Waals surface area contributed by atoms with Gasteiger partial charge in [0.25, 0.3) is 0 Å². The van der Waals surface area contributed by atoms with Crippen LogP contribution in [0.2, 0.25) is 0 Å². The molecule has 0 aromatic carbocycles. The van der Waals surface area contributed by atoms with Gasteiger partial charge in [0.15, 0.2) is 0 Å². The van der Waals surface area contributed by atoms with E-state index in [4.69, 9.17) is 0 Å². The normalized spacial score (nSPS) is 10.8. The summed E-state index contributed by atoms with van der Waals surface area (Å²) >= 11 is 0. The molecule has 2 nitrogen and oxygen atoms in total. The van der Waals surface area contributed by atoms with Crippen LogP contribution in [0.1, 0.15) is 20.8 Å². The summed E-state index contributed by atoms with van der Waals surface area (Å²) in [5, 5.41) is 0. The Morgan fingerprint density at radius 1 is 1.30 bits per heavy atom. The van der Waals surface area contributed by atoms with Crippen molar-refractivity contribution in [1.29, 1.82) is 0 Å². The molecule has 0 aliphatic rings. The molecule has 0 spiro atoms. The summed E-state index contributed by atoms with van der Waals surface area (Å²) < 4.78 is 4.50. The Hall–Kier alpha value is 0.574. The van der Waals surface area contributed by atoms with Crippen molar-refractivity contribution in [3.8, 4) is 0 Å². The van der Waals surface area contributed by atoms with Crippen LogP contribution < -0.4 is 0 Å². The maximum atomic E-state index is 9.57. The average Bonchev–Trinajstić information content (AvgIpc) is 1.67. The minimum atomic E-state index is -0.00694. The van der Waals surface area contributed by atoms with Gasteiger partial charge in [0.05, 0.1) is 6.10 Å². The van der Waals surface area contributed by atoms with Crippen LogP contribution >= 0.6 is 0 Å². The summed E-state index contributed by atoms with van der Waals surface area (Å²) in [5.74, 6) is 0.386. The minimum Gasteiger partial charge on any atom is -0.651 e. The van der Waals surface area contributed by atoms with Crippen LogP contribution in [0.5, 0.6) is 0 Å². The molecule has 0 aromatic rings. The van der Waals surface area contributed by atoms with Crippen molar-refractivity contribution in [2.24, 2.45) is 5.92 Å². The zero-order chi connectivity index (χ0) is 6.57. The standard InChI is InChI=1S/C6H11O2.CH3.Y/c1-5(2)6(3)8-4-7;;/h5-6H,1-3H3;1H3;/q2*-1;. The van der Waals surface area contributed by atoms with Crippen molar-refractivity contribution in [2.45, 2.75) is 26.9 Å². The maximum absolute atomic E-state index is 9.57. The van der Waals surface area contributed by atoms with Crippen molar-refractivity contribution in [3.63, 3.8) is 0 Å². The van der Waals surface area contributed by atoms with Gasteiger partial charge in [-0.15, -0.1) is 0 Å². The first kappa shape index (κ1) is 16.9. The molecular formula is C7H14O2Y-2. The van der Waals surface area contributed by atoms with E-state index in [1.54, 1.807) is 0 Å². The van der Waals surface area contributed by atoms with E-state index in [2.05, 4.69) is 4.74 Å². The topological polar surface area (TPSA) is 26.3 Å². The Morgan fingerprint density at radius 2 is 1.70 bits per heavy atom. The van der Waals surface area contributed by atoms with Gasteiger partial charge in [0.2, 0.25) is 0 Å². The molecule has 0 saturated heterocycles. The smallest absolute Gasteiger partial charge is 0.0590 e. The van der Waals surface area contributed by atoms with E-state index in [1.165, 1.54) is 6.47 Å². The van der Waals surface area contributed by atoms with E-state index in [-0.39, 0.29) is 46.2 Å². The van der Waals surface area contributed by atoms with Crippen LogP contribution in [0.25, 0.3) is 0 Å². The summed E-state index contributed by atoms with van der Waals surface area (Å²) in [6.45, 7) is 7.22. The van der Waals surface area contributed by atoms with Gasteiger partial charge in [-0.25, -0.2) is 0 Å². The van der Waals surface area contributed by atoms with E-state index in [1.807, 2.05) is 20.8 Å². The van der Waals surface area contributed by atoms with Crippen LogP contribution in [0.4, 0.5) is 0 Å². The van der Waals surface area contributed by atoms with Crippen LogP contribution in [-0.4, -0.2) is 12.6 Å². The first-order valence-electron chi connectivity index (χ1n) is 2.71. The van der Waals surface area contributed by atoms with Crippen molar-refractivity contribution in [2.75, 3.05) is 0 Å². The molecule has 0 heterocycles. The number of hydrogen-bond donors (Lipinski definition) is 0. The maximum Gasteiger partial charge on any atom is 0.0590 e. The predicted octanol–water partition coefficient (Wildman–Crippen LogP) is 1.56. The minimum absolute atomic E-state index is 0. The molecule has 0 aromatic heterocycles. The second-order valence-corrected chi connectivity index (χ2v) is 2.15. The van der Waals surface area contributed by atoms with E-state index >= 15 is 0 Å². The van der Waals surface area contributed by atoms with Crippen molar-refractivity contribution in [1.82, 2.24) is 0 Å². The summed E-state index contributed by atoms with van der Waals surface area (Å²) in [4.78, 5) is 9.57. The third-order valence-corrected chi connectivity index (χ3v) is 1.17.